The van der Waals surface area contributed by atoms with Crippen LogP contribution in [0.2, 0.25) is 6.04 Å². The molecule has 0 heterocycles. The smallest absolute Gasteiger partial charge is 0.329 e. The lowest BCUT2D eigenvalue weighted by Gasteiger charge is -2.22. The van der Waals surface area contributed by atoms with Gasteiger partial charge in [0.15, 0.2) is 0 Å². The van der Waals surface area contributed by atoms with E-state index in [4.69, 9.17) is 18.3 Å². The molecule has 0 bridgehead atoms. The largest absolute Gasteiger partial charge is 0.370 e. The maximum Gasteiger partial charge on any atom is 0.329 e. The fourth-order valence-electron chi connectivity index (χ4n) is 0.818. The summed E-state index contributed by atoms with van der Waals surface area (Å²) in [5.41, 5.74) is 0. The summed E-state index contributed by atoms with van der Waals surface area (Å²) in [5.74, 6) is 0. The van der Waals surface area contributed by atoms with Crippen molar-refractivity contribution >= 4 is 9.28 Å². The molecule has 0 fully saturated rings. The van der Waals surface area contributed by atoms with Gasteiger partial charge < -0.3 is 18.3 Å². The van der Waals surface area contributed by atoms with Crippen molar-refractivity contribution in [1.82, 2.24) is 0 Å². The molecule has 0 aromatic rings. The van der Waals surface area contributed by atoms with Crippen LogP contribution < -0.4 is 0 Å². The highest BCUT2D eigenvalue weighted by atomic mass is 28.3. The van der Waals surface area contributed by atoms with E-state index in [2.05, 4.69) is 6.58 Å². The van der Waals surface area contributed by atoms with E-state index in [1.54, 1.807) is 20.3 Å². The van der Waals surface area contributed by atoms with Gasteiger partial charge in [0, 0.05) is 20.3 Å². The zero-order chi connectivity index (χ0) is 11.0. The molecule has 0 spiro atoms. The predicted molar refractivity (Wildman–Crippen MR) is 57.3 cm³/mol. The second-order valence-electron chi connectivity index (χ2n) is 2.83. The van der Waals surface area contributed by atoms with Crippen molar-refractivity contribution in [3.63, 3.8) is 0 Å². The van der Waals surface area contributed by atoms with E-state index >= 15 is 0 Å². The van der Waals surface area contributed by atoms with E-state index < -0.39 is 9.28 Å². The zero-order valence-electron chi connectivity index (χ0n) is 9.36. The van der Waals surface area contributed by atoms with Crippen LogP contribution in [0.4, 0.5) is 0 Å². The number of hydrogen-bond donors (Lipinski definition) is 0. The van der Waals surface area contributed by atoms with Crippen LogP contribution in [0, 0.1) is 0 Å². The van der Waals surface area contributed by atoms with Crippen molar-refractivity contribution in [1.29, 1.82) is 0 Å². The minimum Gasteiger partial charge on any atom is -0.370 e. The molecule has 0 aromatic heterocycles. The third-order valence-corrected chi connectivity index (χ3v) is 3.80. The second kappa shape index (κ2) is 8.13. The molecule has 0 amide bonds. The lowest BCUT2D eigenvalue weighted by Crippen LogP contribution is -2.32. The molecule has 0 rings (SSSR count). The van der Waals surface area contributed by atoms with Gasteiger partial charge in [0.05, 0.1) is 0 Å². The first-order valence-electron chi connectivity index (χ1n) is 4.61. The number of hydrogen-bond acceptors (Lipinski definition) is 4. The molecule has 0 N–H and O–H groups in total. The summed E-state index contributed by atoms with van der Waals surface area (Å²) in [5, 5.41) is 0. The van der Waals surface area contributed by atoms with Gasteiger partial charge in [0.25, 0.3) is 0 Å². The number of rotatable bonds is 8. The molecular weight excluding hydrogens is 200 g/mol. The van der Waals surface area contributed by atoms with Gasteiger partial charge in [-0.05, 0) is 13.8 Å². The van der Waals surface area contributed by atoms with Crippen LogP contribution in [-0.4, -0.2) is 36.1 Å². The molecule has 0 aliphatic heterocycles. The molecule has 0 aromatic carbocycles. The maximum atomic E-state index is 5.56. The summed E-state index contributed by atoms with van der Waals surface area (Å²) in [6.07, 6.45) is 1.31. The van der Waals surface area contributed by atoms with Gasteiger partial charge in [-0.15, -0.1) is 6.58 Å². The summed E-state index contributed by atoms with van der Waals surface area (Å²) in [6, 6.07) is 0.738. The first kappa shape index (κ1) is 13.8. The Hall–Kier alpha value is -0.203. The predicted octanol–water partition coefficient (Wildman–Crippen LogP) is 1.41. The first-order chi connectivity index (χ1) is 6.63. The zero-order valence-corrected chi connectivity index (χ0v) is 10.5. The van der Waals surface area contributed by atoms with Gasteiger partial charge in [-0.2, -0.15) is 0 Å². The topological polar surface area (TPSA) is 36.9 Å². The average Bonchev–Trinajstić information content (AvgIpc) is 2.17. The van der Waals surface area contributed by atoms with E-state index in [0.29, 0.717) is 0 Å². The number of allylic oxidation sites excluding steroid dienone is 1. The highest BCUT2D eigenvalue weighted by Crippen LogP contribution is 2.06. The van der Waals surface area contributed by atoms with E-state index in [0.717, 1.165) is 6.04 Å². The lowest BCUT2D eigenvalue weighted by atomic mass is 10.8. The van der Waals surface area contributed by atoms with Crippen molar-refractivity contribution in [2.75, 3.05) is 14.2 Å². The Balaban J connectivity index is 3.93. The van der Waals surface area contributed by atoms with Gasteiger partial charge in [-0.25, -0.2) is 0 Å². The van der Waals surface area contributed by atoms with Gasteiger partial charge in [0.1, 0.15) is 12.6 Å². The molecule has 2 atom stereocenters. The van der Waals surface area contributed by atoms with Crippen LogP contribution in [0.3, 0.4) is 0 Å². The SMILES string of the molecule is C=CC[SiH](OC(C)OC)OC(C)OC. The van der Waals surface area contributed by atoms with Crippen molar-refractivity contribution < 1.29 is 18.3 Å². The summed E-state index contributed by atoms with van der Waals surface area (Å²) < 4.78 is 21.1. The van der Waals surface area contributed by atoms with Gasteiger partial charge in [-0.3, -0.25) is 0 Å². The monoisotopic (exact) mass is 220 g/mol. The van der Waals surface area contributed by atoms with Crippen molar-refractivity contribution in [3.05, 3.63) is 12.7 Å². The molecular formula is C9H20O4Si. The van der Waals surface area contributed by atoms with E-state index in [1.807, 2.05) is 13.8 Å². The van der Waals surface area contributed by atoms with Crippen molar-refractivity contribution in [3.8, 4) is 0 Å². The molecule has 84 valence electrons. The Morgan fingerprint density at radius 1 is 1.14 bits per heavy atom. The summed E-state index contributed by atoms with van der Waals surface area (Å²) >= 11 is 0. The molecule has 0 radical (unpaired) electrons. The molecule has 0 saturated heterocycles. The van der Waals surface area contributed by atoms with Crippen LogP contribution in [-0.2, 0) is 18.3 Å². The third-order valence-electron chi connectivity index (χ3n) is 1.71. The molecule has 0 aliphatic rings. The Kier molecular flexibility index (Phi) is 8.02. The Morgan fingerprint density at radius 3 is 1.86 bits per heavy atom. The van der Waals surface area contributed by atoms with Crippen LogP contribution >= 0.6 is 0 Å². The average molecular weight is 220 g/mol. The normalized spacial score (nSPS) is 17.4. The van der Waals surface area contributed by atoms with Gasteiger partial charge >= 0.3 is 9.28 Å². The highest BCUT2D eigenvalue weighted by Gasteiger charge is 2.18. The molecule has 5 heteroatoms. The second-order valence-corrected chi connectivity index (χ2v) is 4.71. The van der Waals surface area contributed by atoms with E-state index in [9.17, 15) is 0 Å². The Morgan fingerprint density at radius 2 is 1.57 bits per heavy atom. The van der Waals surface area contributed by atoms with Gasteiger partial charge in [0.2, 0.25) is 0 Å². The third kappa shape index (κ3) is 6.28. The van der Waals surface area contributed by atoms with Crippen LogP contribution in [0.25, 0.3) is 0 Å². The summed E-state index contributed by atoms with van der Waals surface area (Å²) in [7, 11) is 1.45. The van der Waals surface area contributed by atoms with Crippen LogP contribution in [0.15, 0.2) is 12.7 Å². The molecule has 0 aliphatic carbocycles. The van der Waals surface area contributed by atoms with Crippen LogP contribution in [0.1, 0.15) is 13.8 Å². The standard InChI is InChI=1S/C9H20O4Si/c1-6-7-14(12-8(2)10-4)13-9(3)11-5/h6,8-9,14H,1,7H2,2-5H3. The number of ether oxygens (including phenoxy) is 2. The van der Waals surface area contributed by atoms with Crippen molar-refractivity contribution in [2.45, 2.75) is 32.5 Å². The molecule has 2 unspecified atom stereocenters. The Bertz CT molecular complexity index is 142. The molecule has 14 heavy (non-hydrogen) atoms. The van der Waals surface area contributed by atoms with Crippen LogP contribution in [0.5, 0.6) is 0 Å². The lowest BCUT2D eigenvalue weighted by molar-refractivity contribution is -0.0925. The first-order valence-corrected chi connectivity index (χ1v) is 6.37. The molecule has 0 saturated carbocycles. The highest BCUT2D eigenvalue weighted by molar-refractivity contribution is 6.45. The maximum absolute atomic E-state index is 5.56. The molecule has 4 nitrogen and oxygen atoms in total. The summed E-state index contributed by atoms with van der Waals surface area (Å²) in [6.45, 7) is 7.33. The minimum absolute atomic E-state index is 0.240. The van der Waals surface area contributed by atoms with Crippen molar-refractivity contribution in [2.24, 2.45) is 0 Å². The number of methoxy groups -OCH3 is 2. The van der Waals surface area contributed by atoms with Gasteiger partial charge in [-0.1, -0.05) is 6.08 Å². The quantitative estimate of drug-likeness (QED) is 0.352. The fourth-order valence-corrected chi connectivity index (χ4v) is 2.45. The minimum atomic E-state index is -1.75. The summed E-state index contributed by atoms with van der Waals surface area (Å²) in [4.78, 5) is 0. The van der Waals surface area contributed by atoms with E-state index in [-0.39, 0.29) is 12.6 Å². The Labute approximate surface area is 87.6 Å². The fraction of sp³-hybridized carbons (Fsp3) is 0.778. The van der Waals surface area contributed by atoms with E-state index in [1.165, 1.54) is 0 Å².